The molecule has 1 aliphatic heterocycles. The molecule has 0 saturated carbocycles. The van der Waals surface area contributed by atoms with Crippen LogP contribution >= 0.6 is 0 Å². The number of aromatic nitrogens is 1. The summed E-state index contributed by atoms with van der Waals surface area (Å²) < 4.78 is 13.5. The molecule has 3 rings (SSSR count). The van der Waals surface area contributed by atoms with Crippen LogP contribution in [0.2, 0.25) is 0 Å². The molecule has 1 aromatic heterocycles. The molecule has 2 aromatic rings. The Bertz CT molecular complexity index is 865. The van der Waals surface area contributed by atoms with Gasteiger partial charge >= 0.3 is 0 Å². The number of nitrogens with one attached hydrogen (secondary N) is 2. The average molecular weight is 357 g/mol. The van der Waals surface area contributed by atoms with E-state index in [1.165, 1.54) is 24.4 Å². The van der Waals surface area contributed by atoms with Crippen LogP contribution in [-0.4, -0.2) is 40.8 Å². The van der Waals surface area contributed by atoms with Crippen molar-refractivity contribution in [2.75, 3.05) is 13.1 Å². The molecule has 1 saturated heterocycles. The molecule has 136 valence electrons. The van der Waals surface area contributed by atoms with E-state index < -0.39 is 11.5 Å². The summed E-state index contributed by atoms with van der Waals surface area (Å²) in [5.74, 6) is -0.810. The quantitative estimate of drug-likeness (QED) is 0.822. The number of hydrogen-bond acceptors (Lipinski definition) is 3. The number of carbonyl (C=O) groups is 2. The third kappa shape index (κ3) is 4.17. The normalized spacial score (nSPS) is 15.1. The Hall–Kier alpha value is -2.96. The fourth-order valence-corrected chi connectivity index (χ4v) is 3.19. The van der Waals surface area contributed by atoms with Crippen molar-refractivity contribution in [3.05, 3.63) is 69.9 Å². The van der Waals surface area contributed by atoms with E-state index in [-0.39, 0.29) is 29.9 Å². The monoisotopic (exact) mass is 357 g/mol. The minimum atomic E-state index is -0.497. The van der Waals surface area contributed by atoms with Crippen molar-refractivity contribution >= 4 is 11.8 Å². The second-order valence-corrected chi connectivity index (χ2v) is 6.30. The van der Waals surface area contributed by atoms with Crippen molar-refractivity contribution in [3.8, 4) is 0 Å². The molecule has 1 fully saturated rings. The number of aromatic amines is 1. The summed E-state index contributed by atoms with van der Waals surface area (Å²) >= 11 is 0. The molecule has 0 spiro atoms. The van der Waals surface area contributed by atoms with Crippen LogP contribution in [0.15, 0.2) is 47.4 Å². The van der Waals surface area contributed by atoms with Crippen molar-refractivity contribution in [1.82, 2.24) is 15.2 Å². The lowest BCUT2D eigenvalue weighted by Crippen LogP contribution is -2.46. The first-order valence-electron chi connectivity index (χ1n) is 8.54. The van der Waals surface area contributed by atoms with E-state index in [4.69, 9.17) is 0 Å². The molecule has 1 atom stereocenters. The summed E-state index contributed by atoms with van der Waals surface area (Å²) in [5.41, 5.74) is 0.301. The summed E-state index contributed by atoms with van der Waals surface area (Å²) in [6.45, 7) is 0.802. The van der Waals surface area contributed by atoms with Gasteiger partial charge in [-0.1, -0.05) is 12.1 Å². The highest BCUT2D eigenvalue weighted by Gasteiger charge is 2.28. The van der Waals surface area contributed by atoms with E-state index in [1.807, 2.05) is 0 Å². The van der Waals surface area contributed by atoms with E-state index in [0.717, 1.165) is 12.0 Å². The van der Waals surface area contributed by atoms with Crippen LogP contribution in [0.25, 0.3) is 0 Å². The van der Waals surface area contributed by atoms with Crippen LogP contribution in [0.4, 0.5) is 4.39 Å². The van der Waals surface area contributed by atoms with Gasteiger partial charge in [0.2, 0.25) is 5.91 Å². The zero-order valence-electron chi connectivity index (χ0n) is 14.2. The molecule has 26 heavy (non-hydrogen) atoms. The largest absolute Gasteiger partial charge is 0.350 e. The zero-order chi connectivity index (χ0) is 18.5. The first-order valence-corrected chi connectivity index (χ1v) is 8.54. The number of benzene rings is 1. The van der Waals surface area contributed by atoms with Crippen LogP contribution in [0.5, 0.6) is 0 Å². The minimum Gasteiger partial charge on any atom is -0.350 e. The Balaban J connectivity index is 1.73. The smallest absolute Gasteiger partial charge is 0.260 e. The number of amides is 2. The standard InChI is InChI=1S/C19H20FN3O3/c20-14-5-1-4-13(10-14)11-15(23-9-3-7-17(23)24)12-22-19(26)16-6-2-8-21-18(16)25/h1-2,4-6,8,10,15H,3,7,9,11-12H2,(H,21,25)(H,22,26)/t15-/m0/s1. The van der Waals surface area contributed by atoms with Gasteiger partial charge in [0.1, 0.15) is 11.4 Å². The summed E-state index contributed by atoms with van der Waals surface area (Å²) in [6, 6.07) is 8.93. The molecule has 0 unspecified atom stereocenters. The number of carbonyl (C=O) groups excluding carboxylic acids is 2. The van der Waals surface area contributed by atoms with E-state index >= 15 is 0 Å². The summed E-state index contributed by atoms with van der Waals surface area (Å²) in [5, 5.41) is 2.73. The lowest BCUT2D eigenvalue weighted by molar-refractivity contribution is -0.129. The van der Waals surface area contributed by atoms with Gasteiger partial charge in [-0.05, 0) is 42.7 Å². The van der Waals surface area contributed by atoms with E-state index in [9.17, 15) is 18.8 Å². The lowest BCUT2D eigenvalue weighted by atomic mass is 10.0. The molecule has 2 N–H and O–H groups in total. The van der Waals surface area contributed by atoms with Gasteiger partial charge in [0.15, 0.2) is 0 Å². The van der Waals surface area contributed by atoms with Crippen molar-refractivity contribution in [2.45, 2.75) is 25.3 Å². The van der Waals surface area contributed by atoms with Crippen molar-refractivity contribution in [3.63, 3.8) is 0 Å². The number of H-pyrrole nitrogens is 1. The Morgan fingerprint density at radius 2 is 2.12 bits per heavy atom. The van der Waals surface area contributed by atoms with Gasteiger partial charge in [-0.2, -0.15) is 0 Å². The van der Waals surface area contributed by atoms with E-state index in [2.05, 4.69) is 10.3 Å². The van der Waals surface area contributed by atoms with E-state index in [0.29, 0.717) is 19.4 Å². The average Bonchev–Trinajstić information content (AvgIpc) is 3.04. The van der Waals surface area contributed by atoms with Gasteiger partial charge in [-0.3, -0.25) is 14.4 Å². The highest BCUT2D eigenvalue weighted by molar-refractivity contribution is 5.93. The van der Waals surface area contributed by atoms with Gasteiger partial charge in [-0.15, -0.1) is 0 Å². The highest BCUT2D eigenvalue weighted by Crippen LogP contribution is 2.17. The molecule has 1 aliphatic rings. The second kappa shape index (κ2) is 7.95. The van der Waals surface area contributed by atoms with Gasteiger partial charge in [0.25, 0.3) is 11.5 Å². The minimum absolute atomic E-state index is 0.0183. The topological polar surface area (TPSA) is 82.3 Å². The molecule has 0 bridgehead atoms. The maximum Gasteiger partial charge on any atom is 0.260 e. The Kier molecular flexibility index (Phi) is 5.46. The molecular weight excluding hydrogens is 337 g/mol. The summed E-state index contributed by atoms with van der Waals surface area (Å²) in [6.07, 6.45) is 3.13. The predicted octanol–water partition coefficient (Wildman–Crippen LogP) is 1.48. The van der Waals surface area contributed by atoms with Crippen molar-refractivity contribution in [2.24, 2.45) is 0 Å². The molecule has 2 amide bonds. The van der Waals surface area contributed by atoms with Crippen LogP contribution in [0, 0.1) is 5.82 Å². The second-order valence-electron chi connectivity index (χ2n) is 6.30. The van der Waals surface area contributed by atoms with Crippen LogP contribution < -0.4 is 10.9 Å². The van der Waals surface area contributed by atoms with Crippen LogP contribution in [0.3, 0.4) is 0 Å². The lowest BCUT2D eigenvalue weighted by Gasteiger charge is -2.28. The third-order valence-electron chi connectivity index (χ3n) is 4.47. The van der Waals surface area contributed by atoms with Crippen LogP contribution in [0.1, 0.15) is 28.8 Å². The first kappa shape index (κ1) is 17.8. The molecule has 0 aliphatic carbocycles. The van der Waals surface area contributed by atoms with Gasteiger partial charge < -0.3 is 15.2 Å². The molecule has 1 aromatic carbocycles. The third-order valence-corrected chi connectivity index (χ3v) is 4.47. The first-order chi connectivity index (χ1) is 12.5. The number of halogens is 1. The molecule has 0 radical (unpaired) electrons. The number of hydrogen-bond donors (Lipinski definition) is 2. The van der Waals surface area contributed by atoms with Gasteiger partial charge in [-0.25, -0.2) is 4.39 Å². The highest BCUT2D eigenvalue weighted by atomic mass is 19.1. The molecular formula is C19H20FN3O3. The fourth-order valence-electron chi connectivity index (χ4n) is 3.19. The zero-order valence-corrected chi connectivity index (χ0v) is 14.2. The van der Waals surface area contributed by atoms with Gasteiger partial charge in [0, 0.05) is 25.7 Å². The number of pyridine rings is 1. The van der Waals surface area contributed by atoms with Crippen LogP contribution in [-0.2, 0) is 11.2 Å². The Morgan fingerprint density at radius 1 is 1.27 bits per heavy atom. The maximum atomic E-state index is 13.5. The number of likely N-dealkylation sites (tertiary alicyclic amines) is 1. The van der Waals surface area contributed by atoms with Gasteiger partial charge in [0.05, 0.1) is 6.04 Å². The number of rotatable bonds is 6. The fraction of sp³-hybridized carbons (Fsp3) is 0.316. The predicted molar refractivity (Wildman–Crippen MR) is 94.2 cm³/mol. The van der Waals surface area contributed by atoms with Crippen molar-refractivity contribution < 1.29 is 14.0 Å². The molecule has 7 heteroatoms. The summed E-state index contributed by atoms with van der Waals surface area (Å²) in [4.78, 5) is 40.3. The van der Waals surface area contributed by atoms with Crippen molar-refractivity contribution in [1.29, 1.82) is 0 Å². The molecule has 6 nitrogen and oxygen atoms in total. The SMILES string of the molecule is O=C(NC[C@H](Cc1cccc(F)c1)N1CCCC1=O)c1ccc[nH]c1=O. The number of nitrogens with zero attached hydrogens (tertiary/aromatic N) is 1. The maximum absolute atomic E-state index is 13.5. The summed E-state index contributed by atoms with van der Waals surface area (Å²) in [7, 11) is 0. The Labute approximate surface area is 150 Å². The van der Waals surface area contributed by atoms with E-state index in [1.54, 1.807) is 23.1 Å². The Morgan fingerprint density at radius 3 is 2.81 bits per heavy atom. The molecule has 2 heterocycles.